The maximum absolute atomic E-state index is 14.1. The highest BCUT2D eigenvalue weighted by Gasteiger charge is 2.41. The second-order valence-electron chi connectivity index (χ2n) is 10.1. The standard InChI is InChI=1S/C24H29F2N7O3/c25-22(26)21-19(12-31(29-21)15-3-1-14(2-4-15)6-8-34)33-11-18(23(27)35)24-28-20(5-7-32(24)33)30-10-17-9-16(30)13-36-17/h5,7,11-12,14-17,22,34H,1-4,6,8-10,13H2,(H-,27,35)/p+1/t14?,15?,16-,17-/m1/s1. The minimum absolute atomic E-state index is 0.00571. The summed E-state index contributed by atoms with van der Waals surface area (Å²) in [5, 5.41) is 13.5. The van der Waals surface area contributed by atoms with Gasteiger partial charge in [0.05, 0.1) is 37.2 Å². The predicted molar refractivity (Wildman–Crippen MR) is 124 cm³/mol. The fraction of sp³-hybridized carbons (Fsp3) is 0.583. The van der Waals surface area contributed by atoms with E-state index >= 15 is 0 Å². The first-order chi connectivity index (χ1) is 17.4. The van der Waals surface area contributed by atoms with E-state index < -0.39 is 12.3 Å². The van der Waals surface area contributed by atoms with Crippen LogP contribution in [0.25, 0.3) is 11.3 Å². The van der Waals surface area contributed by atoms with Gasteiger partial charge in [0.1, 0.15) is 11.9 Å². The summed E-state index contributed by atoms with van der Waals surface area (Å²) in [5.74, 6) is 0.474. The predicted octanol–water partition coefficient (Wildman–Crippen LogP) is 1.94. The molecule has 6 rings (SSSR count). The monoisotopic (exact) mass is 502 g/mol. The number of morpholine rings is 1. The van der Waals surface area contributed by atoms with Crippen LogP contribution in [0, 0.1) is 5.92 Å². The number of carbonyl (C=O) groups is 1. The van der Waals surface area contributed by atoms with Crippen LogP contribution in [0.1, 0.15) is 67.0 Å². The Bertz CT molecular complexity index is 1280. The topological polar surface area (TPSA) is 116 Å². The second-order valence-corrected chi connectivity index (χ2v) is 10.1. The Morgan fingerprint density at radius 1 is 1.25 bits per heavy atom. The van der Waals surface area contributed by atoms with E-state index in [2.05, 4.69) is 10.00 Å². The molecule has 1 aliphatic carbocycles. The van der Waals surface area contributed by atoms with Crippen LogP contribution in [0.2, 0.25) is 0 Å². The van der Waals surface area contributed by atoms with Crippen LogP contribution in [0.3, 0.4) is 0 Å². The van der Waals surface area contributed by atoms with Gasteiger partial charge in [0, 0.05) is 19.2 Å². The van der Waals surface area contributed by atoms with Crippen LogP contribution >= 0.6 is 0 Å². The third-order valence-corrected chi connectivity index (χ3v) is 7.91. The number of nitrogens with zero attached hydrogens (tertiary/aromatic N) is 6. The molecule has 1 saturated carbocycles. The minimum Gasteiger partial charge on any atom is -0.396 e. The summed E-state index contributed by atoms with van der Waals surface area (Å²) in [4.78, 5) is 19.2. The second kappa shape index (κ2) is 9.07. The molecule has 2 saturated heterocycles. The molecule has 192 valence electrons. The number of ether oxygens (including phenoxy) is 1. The summed E-state index contributed by atoms with van der Waals surface area (Å²) in [5.41, 5.74) is 5.95. The van der Waals surface area contributed by atoms with Gasteiger partial charge in [0.2, 0.25) is 5.82 Å². The molecule has 5 heterocycles. The van der Waals surface area contributed by atoms with Gasteiger partial charge in [-0.15, -0.1) is 4.52 Å². The molecule has 3 aromatic heterocycles. The van der Waals surface area contributed by atoms with Gasteiger partial charge < -0.3 is 20.5 Å². The molecular formula is C24H30F2N7O3+. The SMILES string of the molecule is NC(=O)c1cn(-c2cn(C3CCC(CCO)CC3)nc2C(F)F)[n+]2ccc(N3C[C@H]4C[C@@H]3CO4)nc12. The zero-order valence-electron chi connectivity index (χ0n) is 19.8. The average Bonchev–Trinajstić information content (AvgIpc) is 3.66. The van der Waals surface area contributed by atoms with Crippen LogP contribution in [0.5, 0.6) is 0 Å². The van der Waals surface area contributed by atoms with Crippen LogP contribution in [0.4, 0.5) is 14.6 Å². The van der Waals surface area contributed by atoms with Crippen molar-refractivity contribution in [3.63, 3.8) is 0 Å². The molecule has 0 radical (unpaired) electrons. The van der Waals surface area contributed by atoms with Crippen LogP contribution in [0.15, 0.2) is 24.7 Å². The normalized spacial score (nSPS) is 25.9. The molecule has 2 aliphatic heterocycles. The Balaban J connectivity index is 1.38. The Morgan fingerprint density at radius 2 is 2.06 bits per heavy atom. The van der Waals surface area contributed by atoms with Crippen LogP contribution in [-0.4, -0.2) is 62.4 Å². The molecule has 12 heteroatoms. The lowest BCUT2D eigenvalue weighted by Crippen LogP contribution is -2.39. The number of amides is 1. The highest BCUT2D eigenvalue weighted by molar-refractivity contribution is 5.97. The summed E-state index contributed by atoms with van der Waals surface area (Å²) >= 11 is 0. The van der Waals surface area contributed by atoms with Crippen molar-refractivity contribution in [2.45, 2.75) is 63.1 Å². The van der Waals surface area contributed by atoms with Crippen LogP contribution < -0.4 is 15.1 Å². The number of fused-ring (bicyclic) bond motifs is 3. The highest BCUT2D eigenvalue weighted by Crippen LogP contribution is 2.36. The van der Waals surface area contributed by atoms with Crippen molar-refractivity contribution in [2.75, 3.05) is 24.7 Å². The van der Waals surface area contributed by atoms with E-state index in [1.807, 2.05) is 6.07 Å². The summed E-state index contributed by atoms with van der Waals surface area (Å²) in [7, 11) is 0. The van der Waals surface area contributed by atoms with E-state index in [-0.39, 0.29) is 41.7 Å². The number of aliphatic hydroxyl groups is 1. The molecule has 0 aromatic carbocycles. The maximum atomic E-state index is 14.1. The number of carbonyl (C=O) groups excluding carboxylic acids is 1. The lowest BCUT2D eigenvalue weighted by atomic mass is 9.84. The molecule has 36 heavy (non-hydrogen) atoms. The van der Waals surface area contributed by atoms with E-state index in [1.165, 1.54) is 10.9 Å². The van der Waals surface area contributed by atoms with Crippen LogP contribution in [-0.2, 0) is 4.74 Å². The van der Waals surface area contributed by atoms with Crippen molar-refractivity contribution in [3.05, 3.63) is 35.9 Å². The Morgan fingerprint density at radius 3 is 2.69 bits per heavy atom. The number of primary amides is 1. The summed E-state index contributed by atoms with van der Waals surface area (Å²) in [6, 6.07) is 2.07. The molecule has 10 nitrogen and oxygen atoms in total. The molecule has 3 aromatic rings. The first-order valence-electron chi connectivity index (χ1n) is 12.5. The number of hydrogen-bond donors (Lipinski definition) is 2. The number of alkyl halides is 2. The number of nitrogens with two attached hydrogens (primary N) is 1. The molecule has 2 atom stereocenters. The van der Waals surface area contributed by atoms with E-state index in [9.17, 15) is 18.7 Å². The van der Waals surface area contributed by atoms with Crippen molar-refractivity contribution < 1.29 is 27.9 Å². The van der Waals surface area contributed by atoms with Gasteiger partial charge in [0.15, 0.2) is 11.3 Å². The summed E-state index contributed by atoms with van der Waals surface area (Å²) < 4.78 is 38.6. The lowest BCUT2D eigenvalue weighted by molar-refractivity contribution is -0.600. The van der Waals surface area contributed by atoms with Gasteiger partial charge in [-0.1, -0.05) is 0 Å². The van der Waals surface area contributed by atoms with Crippen molar-refractivity contribution >= 4 is 17.4 Å². The van der Waals surface area contributed by atoms with E-state index in [1.54, 1.807) is 21.6 Å². The molecule has 1 amide bonds. The van der Waals surface area contributed by atoms with E-state index in [4.69, 9.17) is 15.5 Å². The van der Waals surface area contributed by atoms with Gasteiger partial charge >= 0.3 is 5.65 Å². The quantitative estimate of drug-likeness (QED) is 0.477. The fourth-order valence-corrected chi connectivity index (χ4v) is 6.00. The highest BCUT2D eigenvalue weighted by atomic mass is 19.3. The fourth-order valence-electron chi connectivity index (χ4n) is 6.00. The molecule has 0 spiro atoms. The minimum atomic E-state index is -2.80. The smallest absolute Gasteiger partial charge is 0.363 e. The Labute approximate surface area is 206 Å². The lowest BCUT2D eigenvalue weighted by Gasteiger charge is -2.28. The van der Waals surface area contributed by atoms with Gasteiger partial charge in [-0.2, -0.15) is 9.78 Å². The molecular weight excluding hydrogens is 472 g/mol. The van der Waals surface area contributed by atoms with Crippen molar-refractivity contribution in [3.8, 4) is 5.69 Å². The molecule has 2 bridgehead atoms. The molecule has 0 unspecified atom stereocenters. The first-order valence-corrected chi connectivity index (χ1v) is 12.5. The zero-order chi connectivity index (χ0) is 25.0. The van der Waals surface area contributed by atoms with E-state index in [0.29, 0.717) is 24.0 Å². The summed E-state index contributed by atoms with van der Waals surface area (Å²) in [6.07, 6.45) is 7.37. The number of hydrogen-bond acceptors (Lipinski definition) is 6. The van der Waals surface area contributed by atoms with Gasteiger partial charge in [-0.25, -0.2) is 8.78 Å². The summed E-state index contributed by atoms with van der Waals surface area (Å²) in [6.45, 7) is 1.53. The number of aliphatic hydroxyl groups excluding tert-OH is 1. The first kappa shape index (κ1) is 23.3. The van der Waals surface area contributed by atoms with Gasteiger partial charge in [0.25, 0.3) is 12.3 Å². The van der Waals surface area contributed by atoms with Gasteiger partial charge in [-0.05, 0) is 49.4 Å². The van der Waals surface area contributed by atoms with Gasteiger partial charge in [-0.3, -0.25) is 9.48 Å². The maximum Gasteiger partial charge on any atom is 0.363 e. The Kier molecular flexibility index (Phi) is 5.87. The largest absolute Gasteiger partial charge is 0.396 e. The zero-order valence-corrected chi connectivity index (χ0v) is 19.8. The number of anilines is 1. The Hall–Kier alpha value is -3.12. The molecule has 3 fully saturated rings. The third-order valence-electron chi connectivity index (χ3n) is 7.91. The molecule has 3 aliphatic rings. The number of rotatable bonds is 7. The molecule has 3 N–H and O–H groups in total. The van der Waals surface area contributed by atoms with Crippen molar-refractivity contribution in [1.29, 1.82) is 0 Å². The average molecular weight is 503 g/mol. The number of aromatic nitrogens is 5. The van der Waals surface area contributed by atoms with Crippen molar-refractivity contribution in [2.24, 2.45) is 11.7 Å². The third kappa shape index (κ3) is 3.92. The van der Waals surface area contributed by atoms with E-state index in [0.717, 1.165) is 45.1 Å². The number of halogens is 2. The van der Waals surface area contributed by atoms with Crippen molar-refractivity contribution in [1.82, 2.24) is 19.4 Å².